The molecule has 120 valence electrons. The van der Waals surface area contributed by atoms with E-state index in [4.69, 9.17) is 0 Å². The number of hydrogen-bond acceptors (Lipinski definition) is 4. The third-order valence-electron chi connectivity index (χ3n) is 3.66. The van der Waals surface area contributed by atoms with Gasteiger partial charge in [0.05, 0.1) is 6.04 Å². The van der Waals surface area contributed by atoms with Gasteiger partial charge in [0.25, 0.3) is 10.2 Å². The highest BCUT2D eigenvalue weighted by Crippen LogP contribution is 2.25. The van der Waals surface area contributed by atoms with Crippen molar-refractivity contribution in [2.45, 2.75) is 19.9 Å². The number of hydrogen-bond donors (Lipinski definition) is 1. The molecule has 0 radical (unpaired) electrons. The molecule has 1 aliphatic rings. The Labute approximate surface area is 127 Å². The molecule has 1 saturated heterocycles. The van der Waals surface area contributed by atoms with Crippen molar-refractivity contribution in [3.63, 3.8) is 0 Å². The van der Waals surface area contributed by atoms with E-state index < -0.39 is 10.2 Å². The second kappa shape index (κ2) is 6.43. The molecule has 2 heterocycles. The molecular weight excluding hydrogens is 290 g/mol. The first kappa shape index (κ1) is 16.4. The van der Waals surface area contributed by atoms with E-state index >= 15 is 0 Å². The van der Waals surface area contributed by atoms with Crippen molar-refractivity contribution in [2.75, 3.05) is 33.2 Å². The number of aryl methyl sites for hydroxylation is 1. The summed E-state index contributed by atoms with van der Waals surface area (Å²) in [5.74, 6) is 1.06. The predicted molar refractivity (Wildman–Crippen MR) is 81.9 cm³/mol. The molecule has 1 unspecified atom stereocenters. The highest BCUT2D eigenvalue weighted by atomic mass is 32.2. The molecule has 0 aromatic carbocycles. The summed E-state index contributed by atoms with van der Waals surface area (Å²) in [7, 11) is 0.0584. The standard InChI is InChI=1S/C13H25N5O2S/c1-11(2)10-17(4)21(19,20)18-8-5-14-9-12(18)13-15-6-7-16(13)3/h6-7,11-12,14H,5,8-10H2,1-4H3. The van der Waals surface area contributed by atoms with Crippen molar-refractivity contribution in [1.29, 1.82) is 0 Å². The fourth-order valence-corrected chi connectivity index (χ4v) is 4.32. The lowest BCUT2D eigenvalue weighted by Crippen LogP contribution is -2.53. The smallest absolute Gasteiger partial charge is 0.282 e. The third kappa shape index (κ3) is 3.45. The van der Waals surface area contributed by atoms with Gasteiger partial charge in [-0.15, -0.1) is 0 Å². The van der Waals surface area contributed by atoms with Crippen LogP contribution in [0.5, 0.6) is 0 Å². The van der Waals surface area contributed by atoms with E-state index in [1.54, 1.807) is 17.5 Å². The van der Waals surface area contributed by atoms with Gasteiger partial charge >= 0.3 is 0 Å². The van der Waals surface area contributed by atoms with E-state index in [9.17, 15) is 8.42 Å². The van der Waals surface area contributed by atoms with Crippen LogP contribution in [0.3, 0.4) is 0 Å². The zero-order chi connectivity index (χ0) is 15.6. The van der Waals surface area contributed by atoms with Crippen LogP contribution in [-0.4, -0.2) is 59.8 Å². The largest absolute Gasteiger partial charge is 0.337 e. The molecule has 2 rings (SSSR count). The van der Waals surface area contributed by atoms with Crippen LogP contribution in [0.25, 0.3) is 0 Å². The van der Waals surface area contributed by atoms with Crippen LogP contribution in [0.2, 0.25) is 0 Å². The Bertz CT molecular complexity index is 569. The number of piperazine rings is 1. The molecule has 1 aromatic heterocycles. The number of aromatic nitrogens is 2. The summed E-state index contributed by atoms with van der Waals surface area (Å²) in [5, 5.41) is 3.25. The first-order valence-electron chi connectivity index (χ1n) is 7.25. The van der Waals surface area contributed by atoms with E-state index in [-0.39, 0.29) is 6.04 Å². The minimum atomic E-state index is -3.48. The van der Waals surface area contributed by atoms with Crippen LogP contribution < -0.4 is 5.32 Å². The maximum atomic E-state index is 12.8. The summed E-state index contributed by atoms with van der Waals surface area (Å²) in [6, 6.07) is -0.265. The summed E-state index contributed by atoms with van der Waals surface area (Å²) >= 11 is 0. The van der Waals surface area contributed by atoms with Gasteiger partial charge in [0, 0.05) is 52.7 Å². The molecule has 7 nitrogen and oxygen atoms in total. The van der Waals surface area contributed by atoms with Crippen molar-refractivity contribution in [3.05, 3.63) is 18.2 Å². The Morgan fingerprint density at radius 1 is 1.52 bits per heavy atom. The van der Waals surface area contributed by atoms with Crippen LogP contribution in [0.1, 0.15) is 25.7 Å². The molecule has 1 atom stereocenters. The Morgan fingerprint density at radius 3 is 2.81 bits per heavy atom. The van der Waals surface area contributed by atoms with Crippen LogP contribution >= 0.6 is 0 Å². The van der Waals surface area contributed by atoms with Gasteiger partial charge in [-0.1, -0.05) is 13.8 Å². The zero-order valence-electron chi connectivity index (χ0n) is 13.2. The average molecular weight is 315 g/mol. The maximum absolute atomic E-state index is 12.8. The second-order valence-corrected chi connectivity index (χ2v) is 7.90. The van der Waals surface area contributed by atoms with Gasteiger partial charge in [-0.05, 0) is 5.92 Å². The van der Waals surface area contributed by atoms with Gasteiger partial charge < -0.3 is 9.88 Å². The quantitative estimate of drug-likeness (QED) is 0.843. The van der Waals surface area contributed by atoms with Gasteiger partial charge in [0.15, 0.2) is 0 Å². The van der Waals surface area contributed by atoms with Crippen LogP contribution in [-0.2, 0) is 17.3 Å². The Kier molecular flexibility index (Phi) is 5.03. The number of nitrogens with zero attached hydrogens (tertiary/aromatic N) is 4. The first-order chi connectivity index (χ1) is 9.84. The minimum Gasteiger partial charge on any atom is -0.337 e. The van der Waals surface area contributed by atoms with Crippen LogP contribution in [0.4, 0.5) is 0 Å². The Hall–Kier alpha value is -0.960. The monoisotopic (exact) mass is 315 g/mol. The van der Waals surface area contributed by atoms with Gasteiger partial charge in [0.2, 0.25) is 0 Å². The van der Waals surface area contributed by atoms with Crippen molar-refractivity contribution in [3.8, 4) is 0 Å². The van der Waals surface area contributed by atoms with Gasteiger partial charge in [0.1, 0.15) is 5.82 Å². The number of imidazole rings is 1. The lowest BCUT2D eigenvalue weighted by molar-refractivity contribution is 0.238. The average Bonchev–Trinajstić information content (AvgIpc) is 2.84. The normalized spacial score (nSPS) is 21.3. The molecule has 1 aromatic rings. The molecule has 21 heavy (non-hydrogen) atoms. The van der Waals surface area contributed by atoms with Crippen molar-refractivity contribution >= 4 is 10.2 Å². The molecular formula is C13H25N5O2S. The molecule has 0 saturated carbocycles. The van der Waals surface area contributed by atoms with E-state index in [2.05, 4.69) is 10.3 Å². The molecule has 1 aliphatic heterocycles. The molecule has 1 fully saturated rings. The highest BCUT2D eigenvalue weighted by Gasteiger charge is 2.37. The fraction of sp³-hybridized carbons (Fsp3) is 0.769. The Balaban J connectivity index is 2.28. The zero-order valence-corrected chi connectivity index (χ0v) is 14.0. The van der Waals surface area contributed by atoms with Crippen molar-refractivity contribution in [2.24, 2.45) is 13.0 Å². The van der Waals surface area contributed by atoms with E-state index in [1.165, 1.54) is 4.31 Å². The molecule has 8 heteroatoms. The Morgan fingerprint density at radius 2 is 2.24 bits per heavy atom. The second-order valence-electron chi connectivity index (χ2n) is 5.91. The third-order valence-corrected chi connectivity index (χ3v) is 5.63. The molecule has 0 bridgehead atoms. The summed E-state index contributed by atoms with van der Waals surface area (Å²) in [6.45, 7) is 6.25. The molecule has 1 N–H and O–H groups in total. The summed E-state index contributed by atoms with van der Waals surface area (Å²) in [4.78, 5) is 4.32. The lowest BCUT2D eigenvalue weighted by atomic mass is 10.2. The summed E-state index contributed by atoms with van der Waals surface area (Å²) in [6.07, 6.45) is 3.54. The van der Waals surface area contributed by atoms with E-state index in [1.807, 2.05) is 31.7 Å². The lowest BCUT2D eigenvalue weighted by Gasteiger charge is -2.37. The fourth-order valence-electron chi connectivity index (χ4n) is 2.67. The van der Waals surface area contributed by atoms with Gasteiger partial charge in [-0.25, -0.2) is 4.98 Å². The molecule has 0 aliphatic carbocycles. The summed E-state index contributed by atoms with van der Waals surface area (Å²) in [5.41, 5.74) is 0. The topological polar surface area (TPSA) is 70.5 Å². The maximum Gasteiger partial charge on any atom is 0.282 e. The van der Waals surface area contributed by atoms with Crippen LogP contribution in [0.15, 0.2) is 12.4 Å². The van der Waals surface area contributed by atoms with Gasteiger partial charge in [-0.3, -0.25) is 0 Å². The predicted octanol–water partition coefficient (Wildman–Crippen LogP) is 0.199. The van der Waals surface area contributed by atoms with Crippen molar-refractivity contribution in [1.82, 2.24) is 23.5 Å². The molecule has 0 amide bonds. The van der Waals surface area contributed by atoms with Gasteiger partial charge in [-0.2, -0.15) is 17.0 Å². The molecule has 0 spiro atoms. The van der Waals surface area contributed by atoms with Crippen molar-refractivity contribution < 1.29 is 8.42 Å². The summed E-state index contributed by atoms with van der Waals surface area (Å²) < 4.78 is 30.5. The van der Waals surface area contributed by atoms with Crippen LogP contribution in [0, 0.1) is 5.92 Å². The number of nitrogens with one attached hydrogen (secondary N) is 1. The van der Waals surface area contributed by atoms with E-state index in [0.29, 0.717) is 32.1 Å². The highest BCUT2D eigenvalue weighted by molar-refractivity contribution is 7.86. The van der Waals surface area contributed by atoms with E-state index in [0.717, 1.165) is 5.82 Å². The number of rotatable bonds is 5. The first-order valence-corrected chi connectivity index (χ1v) is 8.64. The minimum absolute atomic E-state index is 0.265. The SMILES string of the molecule is CC(C)CN(C)S(=O)(=O)N1CCNCC1c1nccn1C.